The molecule has 1 heterocycles. The normalized spacial score (nSPS) is 11.8. The Hall–Kier alpha value is -1.18. The fraction of sp³-hybridized carbons (Fsp3) is 0.643. The predicted octanol–water partition coefficient (Wildman–Crippen LogP) is 1.69. The number of pyridine rings is 1. The summed E-state index contributed by atoms with van der Waals surface area (Å²) < 4.78 is 26.5. The molecule has 0 spiro atoms. The average molecular weight is 315 g/mol. The minimum absolute atomic E-state index is 0.143. The number of aliphatic hydroxyl groups excluding tert-OH is 1. The maximum Gasteiger partial charge on any atom is 0.246 e. The van der Waals surface area contributed by atoms with E-state index in [0.29, 0.717) is 25.2 Å². The smallest absolute Gasteiger partial charge is 0.246 e. The maximum absolute atomic E-state index is 12.6. The number of hydrogen-bond acceptors (Lipinski definition) is 5. The largest absolute Gasteiger partial charge is 0.396 e. The third-order valence-corrected chi connectivity index (χ3v) is 5.05. The molecule has 0 unspecified atom stereocenters. The Bertz CT molecular complexity index is 520. The minimum atomic E-state index is -3.54. The number of unbranched alkanes of at least 4 members (excludes halogenated alkanes) is 2. The average Bonchev–Trinajstić information content (AvgIpc) is 2.49. The van der Waals surface area contributed by atoms with Crippen molar-refractivity contribution in [1.82, 2.24) is 9.29 Å². The van der Waals surface area contributed by atoms with Crippen LogP contribution in [0.1, 0.15) is 32.6 Å². The topological polar surface area (TPSA) is 82.5 Å². The maximum atomic E-state index is 12.6. The van der Waals surface area contributed by atoms with E-state index in [-0.39, 0.29) is 11.5 Å². The van der Waals surface area contributed by atoms with Crippen molar-refractivity contribution >= 4 is 15.7 Å². The van der Waals surface area contributed by atoms with Crippen LogP contribution in [-0.2, 0) is 10.0 Å². The van der Waals surface area contributed by atoms with E-state index in [1.54, 1.807) is 19.3 Å². The fourth-order valence-corrected chi connectivity index (χ4v) is 3.22. The fourth-order valence-electron chi connectivity index (χ4n) is 1.90. The number of nitrogens with zero attached hydrogens (tertiary/aromatic N) is 2. The summed E-state index contributed by atoms with van der Waals surface area (Å²) in [5.41, 5.74) is 0.592. The van der Waals surface area contributed by atoms with Crippen LogP contribution < -0.4 is 5.32 Å². The Morgan fingerprint density at radius 1 is 1.33 bits per heavy atom. The van der Waals surface area contributed by atoms with Crippen molar-refractivity contribution in [3.05, 3.63) is 18.5 Å². The van der Waals surface area contributed by atoms with Crippen LogP contribution in [0.4, 0.5) is 5.69 Å². The second-order valence-electron chi connectivity index (χ2n) is 4.91. The Labute approximate surface area is 127 Å². The Balaban J connectivity index is 2.81. The summed E-state index contributed by atoms with van der Waals surface area (Å²) >= 11 is 0. The number of aromatic nitrogens is 1. The predicted molar refractivity (Wildman–Crippen MR) is 83.8 cm³/mol. The van der Waals surface area contributed by atoms with Crippen molar-refractivity contribution < 1.29 is 13.5 Å². The Morgan fingerprint density at radius 3 is 2.76 bits per heavy atom. The van der Waals surface area contributed by atoms with E-state index in [1.807, 2.05) is 6.92 Å². The SMILES string of the molecule is CCCNc1ccncc1S(=O)(=O)N(C)CCCCCO. The summed E-state index contributed by atoms with van der Waals surface area (Å²) in [6, 6.07) is 1.68. The van der Waals surface area contributed by atoms with Gasteiger partial charge in [-0.25, -0.2) is 12.7 Å². The van der Waals surface area contributed by atoms with Crippen molar-refractivity contribution in [2.75, 3.05) is 32.1 Å². The van der Waals surface area contributed by atoms with E-state index in [4.69, 9.17) is 5.11 Å². The number of rotatable bonds is 10. The molecule has 1 aromatic rings. The number of anilines is 1. The summed E-state index contributed by atoms with van der Waals surface area (Å²) in [7, 11) is -1.97. The molecule has 120 valence electrons. The van der Waals surface area contributed by atoms with Gasteiger partial charge in [-0.1, -0.05) is 6.92 Å². The van der Waals surface area contributed by atoms with E-state index in [2.05, 4.69) is 10.3 Å². The molecule has 0 amide bonds. The van der Waals surface area contributed by atoms with Gasteiger partial charge in [-0.15, -0.1) is 0 Å². The van der Waals surface area contributed by atoms with Crippen LogP contribution in [0.5, 0.6) is 0 Å². The second-order valence-corrected chi connectivity index (χ2v) is 6.92. The molecule has 0 fully saturated rings. The van der Waals surface area contributed by atoms with E-state index in [1.165, 1.54) is 10.5 Å². The molecule has 1 aromatic heterocycles. The molecule has 0 aliphatic heterocycles. The van der Waals surface area contributed by atoms with Crippen molar-refractivity contribution in [2.24, 2.45) is 0 Å². The van der Waals surface area contributed by atoms with Gasteiger partial charge in [0.1, 0.15) is 4.90 Å². The van der Waals surface area contributed by atoms with Gasteiger partial charge in [-0.3, -0.25) is 4.98 Å². The molecule has 0 saturated heterocycles. The first-order valence-electron chi connectivity index (χ1n) is 7.29. The van der Waals surface area contributed by atoms with Gasteiger partial charge in [0.2, 0.25) is 10.0 Å². The van der Waals surface area contributed by atoms with E-state index in [0.717, 1.165) is 19.3 Å². The van der Waals surface area contributed by atoms with Gasteiger partial charge in [0, 0.05) is 39.1 Å². The molecule has 1 rings (SSSR count). The Kier molecular flexibility index (Phi) is 7.63. The van der Waals surface area contributed by atoms with E-state index >= 15 is 0 Å². The highest BCUT2D eigenvalue weighted by molar-refractivity contribution is 7.89. The molecule has 0 atom stereocenters. The van der Waals surface area contributed by atoms with Gasteiger partial charge >= 0.3 is 0 Å². The zero-order valence-electron chi connectivity index (χ0n) is 12.7. The molecule has 21 heavy (non-hydrogen) atoms. The highest BCUT2D eigenvalue weighted by Gasteiger charge is 2.23. The van der Waals surface area contributed by atoms with E-state index < -0.39 is 10.0 Å². The lowest BCUT2D eigenvalue weighted by atomic mass is 10.2. The lowest BCUT2D eigenvalue weighted by molar-refractivity contribution is 0.281. The van der Waals surface area contributed by atoms with Crippen molar-refractivity contribution in [2.45, 2.75) is 37.5 Å². The number of nitrogens with one attached hydrogen (secondary N) is 1. The van der Waals surface area contributed by atoms with Gasteiger partial charge in [0.15, 0.2) is 0 Å². The highest BCUT2D eigenvalue weighted by Crippen LogP contribution is 2.23. The molecule has 2 N–H and O–H groups in total. The molecule has 0 aromatic carbocycles. The molecule has 0 radical (unpaired) electrons. The monoisotopic (exact) mass is 315 g/mol. The van der Waals surface area contributed by atoms with E-state index in [9.17, 15) is 8.42 Å². The highest BCUT2D eigenvalue weighted by atomic mass is 32.2. The first-order chi connectivity index (χ1) is 10.0. The van der Waals surface area contributed by atoms with Crippen LogP contribution in [0.25, 0.3) is 0 Å². The quantitative estimate of drug-likeness (QED) is 0.642. The molecule has 0 aliphatic rings. The van der Waals surface area contributed by atoms with Crippen molar-refractivity contribution in [3.8, 4) is 0 Å². The lowest BCUT2D eigenvalue weighted by Gasteiger charge is -2.19. The second kappa shape index (κ2) is 8.96. The standard InChI is InChI=1S/C14H25N3O3S/c1-3-8-16-13-7-9-15-12-14(13)21(19,20)17(2)10-5-4-6-11-18/h7,9,12,18H,3-6,8,10-11H2,1-2H3,(H,15,16). The summed E-state index contributed by atoms with van der Waals surface area (Å²) in [5, 5.41) is 11.9. The van der Waals surface area contributed by atoms with Gasteiger partial charge in [0.25, 0.3) is 0 Å². The van der Waals surface area contributed by atoms with Crippen LogP contribution in [-0.4, -0.2) is 49.6 Å². The van der Waals surface area contributed by atoms with Crippen molar-refractivity contribution in [1.29, 1.82) is 0 Å². The van der Waals surface area contributed by atoms with Crippen molar-refractivity contribution in [3.63, 3.8) is 0 Å². The minimum Gasteiger partial charge on any atom is -0.396 e. The molecule has 7 heteroatoms. The van der Waals surface area contributed by atoms with Crippen LogP contribution in [0.2, 0.25) is 0 Å². The third-order valence-electron chi connectivity index (χ3n) is 3.17. The number of sulfonamides is 1. The Morgan fingerprint density at radius 2 is 2.10 bits per heavy atom. The third kappa shape index (κ3) is 5.26. The molecular formula is C14H25N3O3S. The molecule has 0 aliphatic carbocycles. The zero-order valence-corrected chi connectivity index (χ0v) is 13.6. The number of hydrogen-bond donors (Lipinski definition) is 2. The zero-order chi connectivity index (χ0) is 15.7. The first kappa shape index (κ1) is 17.9. The van der Waals surface area contributed by atoms with Crippen LogP contribution in [0.15, 0.2) is 23.4 Å². The molecule has 0 bridgehead atoms. The van der Waals surface area contributed by atoms with Gasteiger partial charge in [-0.2, -0.15) is 0 Å². The lowest BCUT2D eigenvalue weighted by Crippen LogP contribution is -2.29. The molecule has 0 saturated carbocycles. The summed E-state index contributed by atoms with van der Waals surface area (Å²) in [6.07, 6.45) is 6.12. The van der Waals surface area contributed by atoms with Crippen LogP contribution in [0, 0.1) is 0 Å². The summed E-state index contributed by atoms with van der Waals surface area (Å²) in [6.45, 7) is 3.32. The number of aliphatic hydroxyl groups is 1. The summed E-state index contributed by atoms with van der Waals surface area (Å²) in [5.74, 6) is 0. The van der Waals surface area contributed by atoms with Gasteiger partial charge < -0.3 is 10.4 Å². The molecular weight excluding hydrogens is 290 g/mol. The molecule has 6 nitrogen and oxygen atoms in total. The summed E-state index contributed by atoms with van der Waals surface area (Å²) in [4.78, 5) is 4.14. The van der Waals surface area contributed by atoms with Crippen LogP contribution in [0.3, 0.4) is 0 Å². The van der Waals surface area contributed by atoms with Gasteiger partial charge in [-0.05, 0) is 31.7 Å². The van der Waals surface area contributed by atoms with Gasteiger partial charge in [0.05, 0.1) is 5.69 Å². The van der Waals surface area contributed by atoms with Crippen LogP contribution >= 0.6 is 0 Å². The first-order valence-corrected chi connectivity index (χ1v) is 8.73.